The molecule has 5 nitrogen and oxygen atoms in total. The molecule has 0 fully saturated rings. The third-order valence-corrected chi connectivity index (χ3v) is 2.44. The van der Waals surface area contributed by atoms with Crippen LogP contribution in [0.3, 0.4) is 0 Å². The fourth-order valence-electron chi connectivity index (χ4n) is 1.80. The van der Waals surface area contributed by atoms with E-state index in [2.05, 4.69) is 35.7 Å². The molecular formula is C12H17N5. The number of hydrogen-bond donors (Lipinski definition) is 2. The molecule has 0 bridgehead atoms. The van der Waals surface area contributed by atoms with E-state index >= 15 is 0 Å². The summed E-state index contributed by atoms with van der Waals surface area (Å²) in [5, 5.41) is 0.932. The molecule has 4 N–H and O–H groups in total. The zero-order valence-electron chi connectivity index (χ0n) is 10.4. The lowest BCUT2D eigenvalue weighted by Gasteiger charge is -2.18. The van der Waals surface area contributed by atoms with Gasteiger partial charge in [-0.2, -0.15) is 0 Å². The number of nitrogens with zero attached hydrogens (tertiary/aromatic N) is 3. The normalized spacial score (nSPS) is 11.9. The van der Waals surface area contributed by atoms with Crippen LogP contribution in [0.4, 0.5) is 11.8 Å². The molecule has 0 atom stereocenters. The minimum absolute atomic E-state index is 0.131. The van der Waals surface area contributed by atoms with E-state index in [4.69, 9.17) is 11.5 Å². The highest BCUT2D eigenvalue weighted by Gasteiger charge is 2.16. The van der Waals surface area contributed by atoms with E-state index < -0.39 is 0 Å². The summed E-state index contributed by atoms with van der Waals surface area (Å²) in [6, 6.07) is 1.88. The van der Waals surface area contributed by atoms with Gasteiger partial charge in [0, 0.05) is 11.6 Å². The number of aromatic nitrogens is 3. The average molecular weight is 231 g/mol. The predicted molar refractivity (Wildman–Crippen MR) is 69.3 cm³/mol. The van der Waals surface area contributed by atoms with Gasteiger partial charge in [0.25, 0.3) is 0 Å². The number of nitrogen functional groups attached to an aromatic ring is 2. The molecule has 0 aliphatic heterocycles. The Morgan fingerprint density at radius 3 is 2.53 bits per heavy atom. The molecule has 2 aromatic heterocycles. The van der Waals surface area contributed by atoms with Gasteiger partial charge < -0.3 is 11.5 Å². The number of pyridine rings is 1. The second-order valence-corrected chi connectivity index (χ2v) is 5.36. The number of nitrogens with two attached hydrogens (primary N) is 2. The molecule has 17 heavy (non-hydrogen) atoms. The minimum Gasteiger partial charge on any atom is -0.382 e. The van der Waals surface area contributed by atoms with Crippen LogP contribution in [0, 0.1) is 5.41 Å². The first-order chi connectivity index (χ1) is 7.87. The second kappa shape index (κ2) is 3.84. The smallest absolute Gasteiger partial charge is 0.220 e. The molecule has 2 aromatic rings. The highest BCUT2D eigenvalue weighted by molar-refractivity contribution is 5.89. The first-order valence-corrected chi connectivity index (χ1v) is 5.53. The summed E-state index contributed by atoms with van der Waals surface area (Å²) in [5.74, 6) is 0.642. The van der Waals surface area contributed by atoms with E-state index in [-0.39, 0.29) is 11.4 Å². The first-order valence-electron chi connectivity index (χ1n) is 5.53. The molecule has 0 amide bonds. The lowest BCUT2D eigenvalue weighted by molar-refractivity contribution is 0.408. The van der Waals surface area contributed by atoms with E-state index in [9.17, 15) is 0 Å². The zero-order chi connectivity index (χ0) is 12.6. The quantitative estimate of drug-likeness (QED) is 0.780. The maximum atomic E-state index is 5.80. The zero-order valence-corrected chi connectivity index (χ0v) is 10.4. The highest BCUT2D eigenvalue weighted by atomic mass is 15.0. The van der Waals surface area contributed by atoms with E-state index in [1.165, 1.54) is 0 Å². The minimum atomic E-state index is 0.131. The van der Waals surface area contributed by atoms with Crippen molar-refractivity contribution in [3.8, 4) is 0 Å². The van der Waals surface area contributed by atoms with Crippen molar-refractivity contribution in [3.05, 3.63) is 18.0 Å². The molecule has 0 radical (unpaired) electrons. The Kier molecular flexibility index (Phi) is 2.61. The van der Waals surface area contributed by atoms with Gasteiger partial charge in [0.2, 0.25) is 5.95 Å². The molecule has 0 unspecified atom stereocenters. The number of hydrogen-bond acceptors (Lipinski definition) is 5. The molecule has 0 spiro atoms. The lowest BCUT2D eigenvalue weighted by atomic mass is 9.89. The summed E-state index contributed by atoms with van der Waals surface area (Å²) in [7, 11) is 0. The monoisotopic (exact) mass is 231 g/mol. The van der Waals surface area contributed by atoms with Crippen LogP contribution in [-0.2, 0) is 6.42 Å². The van der Waals surface area contributed by atoms with Gasteiger partial charge >= 0.3 is 0 Å². The Morgan fingerprint density at radius 2 is 1.88 bits per heavy atom. The molecule has 0 aliphatic rings. The first kappa shape index (κ1) is 11.6. The summed E-state index contributed by atoms with van der Waals surface area (Å²) >= 11 is 0. The van der Waals surface area contributed by atoms with Crippen molar-refractivity contribution >= 4 is 22.7 Å². The van der Waals surface area contributed by atoms with Gasteiger partial charge in [-0.05, 0) is 17.9 Å². The van der Waals surface area contributed by atoms with E-state index in [0.29, 0.717) is 11.3 Å². The average Bonchev–Trinajstić information content (AvgIpc) is 2.17. The highest BCUT2D eigenvalue weighted by Crippen LogP contribution is 2.26. The van der Waals surface area contributed by atoms with Gasteiger partial charge in [0.1, 0.15) is 11.3 Å². The van der Waals surface area contributed by atoms with Crippen molar-refractivity contribution in [2.75, 3.05) is 11.5 Å². The maximum Gasteiger partial charge on any atom is 0.220 e. The Balaban J connectivity index is 2.66. The van der Waals surface area contributed by atoms with Crippen molar-refractivity contribution in [3.63, 3.8) is 0 Å². The SMILES string of the molecule is CC(C)(C)Cc1nc(N)nc2c(N)nccc12. The van der Waals surface area contributed by atoms with Gasteiger partial charge in [0.05, 0.1) is 5.69 Å². The van der Waals surface area contributed by atoms with Gasteiger partial charge in [-0.3, -0.25) is 0 Å². The van der Waals surface area contributed by atoms with E-state index in [0.717, 1.165) is 17.5 Å². The van der Waals surface area contributed by atoms with Crippen LogP contribution in [0.15, 0.2) is 12.3 Å². The summed E-state index contributed by atoms with van der Waals surface area (Å²) in [6.45, 7) is 6.46. The third-order valence-electron chi connectivity index (χ3n) is 2.44. The Labute approximate surface area is 100 Å². The summed E-state index contributed by atoms with van der Waals surface area (Å²) in [6.07, 6.45) is 2.49. The van der Waals surface area contributed by atoms with E-state index in [1.807, 2.05) is 6.07 Å². The largest absolute Gasteiger partial charge is 0.382 e. The van der Waals surface area contributed by atoms with Crippen LogP contribution >= 0.6 is 0 Å². The van der Waals surface area contributed by atoms with Crippen LogP contribution in [0.1, 0.15) is 26.5 Å². The van der Waals surface area contributed by atoms with Crippen molar-refractivity contribution in [1.29, 1.82) is 0 Å². The summed E-state index contributed by atoms with van der Waals surface area (Å²) in [5.41, 5.74) is 13.2. The fraction of sp³-hybridized carbons (Fsp3) is 0.417. The Morgan fingerprint density at radius 1 is 1.18 bits per heavy atom. The fourth-order valence-corrected chi connectivity index (χ4v) is 1.80. The number of fused-ring (bicyclic) bond motifs is 1. The van der Waals surface area contributed by atoms with Gasteiger partial charge in [-0.15, -0.1) is 0 Å². The molecule has 90 valence electrons. The lowest BCUT2D eigenvalue weighted by Crippen LogP contribution is -2.13. The molecule has 2 rings (SSSR count). The standard InChI is InChI=1S/C12H17N5/c1-12(2,3)6-8-7-4-5-15-10(13)9(7)17-11(14)16-8/h4-5H,6H2,1-3H3,(H2,13,15)(H2,14,16,17). The predicted octanol–water partition coefficient (Wildman–Crippen LogP) is 1.78. The summed E-state index contributed by atoms with van der Waals surface area (Å²) in [4.78, 5) is 12.5. The Bertz CT molecular complexity index is 557. The molecule has 5 heteroatoms. The van der Waals surface area contributed by atoms with Crippen LogP contribution in [0.5, 0.6) is 0 Å². The molecule has 0 saturated carbocycles. The molecule has 2 heterocycles. The molecule has 0 saturated heterocycles. The number of anilines is 2. The Hall–Kier alpha value is -1.91. The second-order valence-electron chi connectivity index (χ2n) is 5.36. The van der Waals surface area contributed by atoms with Crippen LogP contribution in [0.2, 0.25) is 0 Å². The van der Waals surface area contributed by atoms with Gasteiger partial charge in [-0.1, -0.05) is 20.8 Å². The summed E-state index contributed by atoms with van der Waals surface area (Å²) < 4.78 is 0. The van der Waals surface area contributed by atoms with E-state index in [1.54, 1.807) is 6.20 Å². The van der Waals surface area contributed by atoms with Crippen molar-refractivity contribution in [2.24, 2.45) is 5.41 Å². The van der Waals surface area contributed by atoms with Gasteiger partial charge in [-0.25, -0.2) is 15.0 Å². The molecule has 0 aliphatic carbocycles. The van der Waals surface area contributed by atoms with Crippen LogP contribution in [0.25, 0.3) is 10.9 Å². The van der Waals surface area contributed by atoms with Crippen molar-refractivity contribution in [2.45, 2.75) is 27.2 Å². The van der Waals surface area contributed by atoms with Crippen LogP contribution < -0.4 is 11.5 Å². The third kappa shape index (κ3) is 2.43. The van der Waals surface area contributed by atoms with Gasteiger partial charge in [0.15, 0.2) is 0 Å². The van der Waals surface area contributed by atoms with Crippen LogP contribution in [-0.4, -0.2) is 15.0 Å². The number of rotatable bonds is 1. The van der Waals surface area contributed by atoms with Crippen molar-refractivity contribution < 1.29 is 0 Å². The van der Waals surface area contributed by atoms with Crippen molar-refractivity contribution in [1.82, 2.24) is 15.0 Å². The maximum absolute atomic E-state index is 5.80. The topological polar surface area (TPSA) is 90.7 Å². The molecular weight excluding hydrogens is 214 g/mol. The molecule has 0 aromatic carbocycles.